The molecule has 1 aliphatic rings. The Kier molecular flexibility index (Phi) is 4.07. The van der Waals surface area contributed by atoms with Crippen molar-refractivity contribution in [3.05, 3.63) is 59.4 Å². The fraction of sp³-hybridized carbons (Fsp3) is 0.368. The van der Waals surface area contributed by atoms with Crippen LogP contribution in [0, 0.1) is 6.92 Å². The average molecular weight is 310 g/mol. The Morgan fingerprint density at radius 2 is 1.96 bits per heavy atom. The molecule has 0 aliphatic heterocycles. The summed E-state index contributed by atoms with van der Waals surface area (Å²) in [4.78, 5) is 16.8. The van der Waals surface area contributed by atoms with Crippen LogP contribution in [0.25, 0.3) is 0 Å². The van der Waals surface area contributed by atoms with Crippen LogP contribution in [-0.4, -0.2) is 18.0 Å². The Morgan fingerprint density at radius 3 is 2.57 bits per heavy atom. The molecular weight excluding hydrogens is 288 g/mol. The molecule has 1 atom stereocenters. The summed E-state index contributed by atoms with van der Waals surface area (Å²) in [6.07, 6.45) is 5.26. The average Bonchev–Trinajstić information content (AvgIpc) is 3.38. The predicted molar refractivity (Wildman–Crippen MR) is 89.4 cm³/mol. The molecule has 23 heavy (non-hydrogen) atoms. The van der Waals surface area contributed by atoms with Crippen LogP contribution in [-0.2, 0) is 10.2 Å². The molecule has 1 aliphatic carbocycles. The summed E-state index contributed by atoms with van der Waals surface area (Å²) in [6, 6.07) is 9.89. The zero-order chi connectivity index (χ0) is 16.4. The number of methoxy groups -OCH3 is 1. The minimum absolute atomic E-state index is 0.0321. The Morgan fingerprint density at radius 1 is 1.26 bits per heavy atom. The van der Waals surface area contributed by atoms with E-state index >= 15 is 0 Å². The molecule has 3 rings (SSSR count). The van der Waals surface area contributed by atoms with Gasteiger partial charge in [-0.2, -0.15) is 0 Å². The van der Waals surface area contributed by atoms with Gasteiger partial charge < -0.3 is 10.1 Å². The first-order valence-electron chi connectivity index (χ1n) is 7.93. The maximum absolute atomic E-state index is 12.8. The fourth-order valence-corrected chi connectivity index (χ4v) is 2.96. The summed E-state index contributed by atoms with van der Waals surface area (Å²) in [6.45, 7) is 4.01. The van der Waals surface area contributed by atoms with Crippen LogP contribution in [0.4, 0.5) is 0 Å². The lowest BCUT2D eigenvalue weighted by Crippen LogP contribution is -2.36. The van der Waals surface area contributed by atoms with Crippen molar-refractivity contribution >= 4 is 5.91 Å². The number of carbonyl (C=O) groups excluding carboxylic acids is 1. The summed E-state index contributed by atoms with van der Waals surface area (Å²) in [5.41, 5.74) is 2.78. The monoisotopic (exact) mass is 310 g/mol. The van der Waals surface area contributed by atoms with E-state index in [0.717, 1.165) is 35.3 Å². The number of hydrogen-bond donors (Lipinski definition) is 1. The van der Waals surface area contributed by atoms with Crippen molar-refractivity contribution in [3.8, 4) is 5.75 Å². The predicted octanol–water partition coefficient (Wildman–Crippen LogP) is 3.31. The van der Waals surface area contributed by atoms with Gasteiger partial charge in [0.1, 0.15) is 5.75 Å². The molecular formula is C19H22N2O2. The van der Waals surface area contributed by atoms with Gasteiger partial charge in [-0.05, 0) is 61.6 Å². The molecule has 120 valence electrons. The third-order valence-electron chi connectivity index (χ3n) is 4.70. The summed E-state index contributed by atoms with van der Waals surface area (Å²) in [5.74, 6) is 0.927. The maximum atomic E-state index is 12.8. The molecule has 1 aromatic heterocycles. The molecule has 0 spiro atoms. The van der Waals surface area contributed by atoms with Gasteiger partial charge in [-0.3, -0.25) is 9.78 Å². The minimum Gasteiger partial charge on any atom is -0.496 e. The van der Waals surface area contributed by atoms with Gasteiger partial charge in [0.2, 0.25) is 5.91 Å². The Bertz CT molecular complexity index is 709. The van der Waals surface area contributed by atoms with Crippen LogP contribution >= 0.6 is 0 Å². The largest absolute Gasteiger partial charge is 0.496 e. The second-order valence-corrected chi connectivity index (χ2v) is 6.24. The van der Waals surface area contributed by atoms with Gasteiger partial charge in [-0.25, -0.2) is 0 Å². The highest BCUT2D eigenvalue weighted by molar-refractivity contribution is 5.91. The Labute approximate surface area is 136 Å². The lowest BCUT2D eigenvalue weighted by molar-refractivity contribution is -0.124. The van der Waals surface area contributed by atoms with Gasteiger partial charge in [0.15, 0.2) is 0 Å². The Hall–Kier alpha value is -2.36. The van der Waals surface area contributed by atoms with Gasteiger partial charge in [-0.1, -0.05) is 12.1 Å². The van der Waals surface area contributed by atoms with E-state index in [2.05, 4.69) is 10.3 Å². The fourth-order valence-electron chi connectivity index (χ4n) is 2.96. The smallest absolute Gasteiger partial charge is 0.231 e. The quantitative estimate of drug-likeness (QED) is 0.922. The molecule has 0 saturated heterocycles. The molecule has 4 nitrogen and oxygen atoms in total. The molecule has 4 heteroatoms. The van der Waals surface area contributed by atoms with E-state index in [1.165, 1.54) is 0 Å². The molecule has 1 aromatic carbocycles. The van der Waals surface area contributed by atoms with E-state index in [-0.39, 0.29) is 11.9 Å². The van der Waals surface area contributed by atoms with E-state index in [1.54, 1.807) is 19.5 Å². The molecule has 0 bridgehead atoms. The van der Waals surface area contributed by atoms with Gasteiger partial charge in [0, 0.05) is 12.4 Å². The van der Waals surface area contributed by atoms with Gasteiger partial charge >= 0.3 is 0 Å². The molecule has 1 saturated carbocycles. The first kappa shape index (κ1) is 15.5. The molecule has 1 amide bonds. The third-order valence-corrected chi connectivity index (χ3v) is 4.70. The highest BCUT2D eigenvalue weighted by Crippen LogP contribution is 2.49. The molecule has 0 radical (unpaired) electrons. The molecule has 1 fully saturated rings. The normalized spacial score (nSPS) is 16.5. The number of aromatic nitrogens is 1. The van der Waals surface area contributed by atoms with E-state index < -0.39 is 5.41 Å². The standard InChI is InChI=1S/C19H22N2O2/c1-13-4-5-16(12-17(13)23-3)19(8-9-19)18(22)21-14(2)15-6-10-20-11-7-15/h4-7,10-12,14H,8-9H2,1-3H3,(H,21,22)/t14-/m0/s1. The summed E-state index contributed by atoms with van der Waals surface area (Å²) < 4.78 is 5.40. The summed E-state index contributed by atoms with van der Waals surface area (Å²) >= 11 is 0. The van der Waals surface area contributed by atoms with E-state index in [1.807, 2.05) is 44.2 Å². The van der Waals surface area contributed by atoms with Crippen molar-refractivity contribution in [1.29, 1.82) is 0 Å². The summed E-state index contributed by atoms with van der Waals surface area (Å²) in [5, 5.41) is 3.14. The van der Waals surface area contributed by atoms with Gasteiger partial charge in [0.05, 0.1) is 18.6 Å². The minimum atomic E-state index is -0.401. The highest BCUT2D eigenvalue weighted by atomic mass is 16.5. The number of aryl methyl sites for hydroxylation is 1. The number of benzene rings is 1. The number of hydrogen-bond acceptors (Lipinski definition) is 3. The third kappa shape index (κ3) is 2.93. The number of pyridine rings is 1. The van der Waals surface area contributed by atoms with Crippen molar-refractivity contribution < 1.29 is 9.53 Å². The number of carbonyl (C=O) groups is 1. The topological polar surface area (TPSA) is 51.2 Å². The van der Waals surface area contributed by atoms with Crippen LogP contribution in [0.5, 0.6) is 5.75 Å². The molecule has 0 unspecified atom stereocenters. The Balaban J connectivity index is 1.79. The van der Waals surface area contributed by atoms with Crippen LogP contribution in [0.1, 0.15) is 42.5 Å². The van der Waals surface area contributed by atoms with Crippen molar-refractivity contribution in [2.24, 2.45) is 0 Å². The number of nitrogens with zero attached hydrogens (tertiary/aromatic N) is 1. The number of ether oxygens (including phenoxy) is 1. The van der Waals surface area contributed by atoms with Crippen LogP contribution in [0.3, 0.4) is 0 Å². The maximum Gasteiger partial charge on any atom is 0.231 e. The van der Waals surface area contributed by atoms with E-state index in [4.69, 9.17) is 4.74 Å². The zero-order valence-electron chi connectivity index (χ0n) is 13.8. The highest BCUT2D eigenvalue weighted by Gasteiger charge is 2.51. The van der Waals surface area contributed by atoms with Crippen molar-refractivity contribution in [3.63, 3.8) is 0 Å². The first-order chi connectivity index (χ1) is 11.1. The lowest BCUT2D eigenvalue weighted by Gasteiger charge is -2.21. The van der Waals surface area contributed by atoms with Crippen molar-refractivity contribution in [2.75, 3.05) is 7.11 Å². The molecule has 1 N–H and O–H groups in total. The SMILES string of the molecule is COc1cc(C2(C(=O)N[C@@H](C)c3ccncc3)CC2)ccc1C. The van der Waals surface area contributed by atoms with Gasteiger partial charge in [0.25, 0.3) is 0 Å². The van der Waals surface area contributed by atoms with E-state index in [0.29, 0.717) is 0 Å². The van der Waals surface area contributed by atoms with Crippen LogP contribution < -0.4 is 10.1 Å². The zero-order valence-corrected chi connectivity index (χ0v) is 13.8. The second kappa shape index (κ2) is 6.03. The second-order valence-electron chi connectivity index (χ2n) is 6.24. The van der Waals surface area contributed by atoms with Crippen molar-refractivity contribution in [2.45, 2.75) is 38.1 Å². The van der Waals surface area contributed by atoms with Crippen LogP contribution in [0.2, 0.25) is 0 Å². The van der Waals surface area contributed by atoms with E-state index in [9.17, 15) is 4.79 Å². The van der Waals surface area contributed by atoms with Crippen LogP contribution in [0.15, 0.2) is 42.7 Å². The van der Waals surface area contributed by atoms with Gasteiger partial charge in [-0.15, -0.1) is 0 Å². The first-order valence-corrected chi connectivity index (χ1v) is 7.93. The molecule has 1 heterocycles. The lowest BCUT2D eigenvalue weighted by atomic mass is 9.93. The number of rotatable bonds is 5. The van der Waals surface area contributed by atoms with Crippen molar-refractivity contribution in [1.82, 2.24) is 10.3 Å². The number of amides is 1. The molecule has 2 aromatic rings. The summed E-state index contributed by atoms with van der Waals surface area (Å²) in [7, 11) is 1.66. The number of nitrogens with one attached hydrogen (secondary N) is 1.